The number of nitrogens with one attached hydrogen (secondary N) is 2. The molecule has 124 valence electrons. The van der Waals surface area contributed by atoms with Crippen LogP contribution in [0.3, 0.4) is 0 Å². The van der Waals surface area contributed by atoms with E-state index in [4.69, 9.17) is 5.26 Å². The number of aromatic nitrogens is 3. The van der Waals surface area contributed by atoms with Crippen LogP contribution in [0.1, 0.15) is 5.56 Å². The number of anilines is 4. The third kappa shape index (κ3) is 3.64. The van der Waals surface area contributed by atoms with Crippen molar-refractivity contribution in [2.24, 2.45) is 0 Å². The van der Waals surface area contributed by atoms with Crippen LogP contribution in [0.2, 0.25) is 0 Å². The number of halogens is 3. The average Bonchev–Trinajstić information content (AvgIpc) is 2.63. The summed E-state index contributed by atoms with van der Waals surface area (Å²) < 4.78 is 39.9. The van der Waals surface area contributed by atoms with Crippen molar-refractivity contribution in [2.45, 2.75) is 0 Å². The van der Waals surface area contributed by atoms with E-state index in [1.54, 1.807) is 24.3 Å². The first-order valence-electron chi connectivity index (χ1n) is 6.94. The number of nitrogens with zero attached hydrogens (tertiary/aromatic N) is 4. The molecule has 2 aromatic carbocycles. The van der Waals surface area contributed by atoms with Crippen molar-refractivity contribution in [3.63, 3.8) is 0 Å². The zero-order valence-corrected chi connectivity index (χ0v) is 12.5. The molecular formula is C16H9F3N6. The molecule has 0 radical (unpaired) electrons. The molecule has 0 atom stereocenters. The minimum Gasteiger partial charge on any atom is -0.336 e. The molecule has 0 fully saturated rings. The maximum atomic E-state index is 13.7. The lowest BCUT2D eigenvalue weighted by atomic mass is 10.2. The van der Waals surface area contributed by atoms with Crippen molar-refractivity contribution >= 4 is 23.1 Å². The Morgan fingerprint density at radius 1 is 0.920 bits per heavy atom. The molecule has 6 nitrogen and oxygen atoms in total. The number of benzene rings is 2. The number of rotatable bonds is 4. The molecule has 3 aromatic rings. The maximum Gasteiger partial charge on any atom is 0.249 e. The summed E-state index contributed by atoms with van der Waals surface area (Å²) in [6.07, 6.45) is 1.20. The Hall–Kier alpha value is -3.67. The van der Waals surface area contributed by atoms with Gasteiger partial charge in [0.25, 0.3) is 0 Å². The number of hydrogen-bond donors (Lipinski definition) is 2. The van der Waals surface area contributed by atoms with Crippen LogP contribution >= 0.6 is 0 Å². The van der Waals surface area contributed by atoms with Crippen molar-refractivity contribution in [1.29, 1.82) is 5.26 Å². The molecule has 0 spiro atoms. The van der Waals surface area contributed by atoms with E-state index in [9.17, 15) is 13.2 Å². The van der Waals surface area contributed by atoms with Gasteiger partial charge in [-0.1, -0.05) is 0 Å². The Kier molecular flexibility index (Phi) is 4.43. The van der Waals surface area contributed by atoms with Crippen LogP contribution in [0.25, 0.3) is 0 Å². The summed E-state index contributed by atoms with van der Waals surface area (Å²) >= 11 is 0. The van der Waals surface area contributed by atoms with Crippen molar-refractivity contribution in [2.75, 3.05) is 10.6 Å². The molecule has 0 saturated carbocycles. The van der Waals surface area contributed by atoms with E-state index >= 15 is 0 Å². The zero-order chi connectivity index (χ0) is 17.8. The van der Waals surface area contributed by atoms with Gasteiger partial charge in [0.1, 0.15) is 0 Å². The van der Waals surface area contributed by atoms with Gasteiger partial charge in [0.2, 0.25) is 5.95 Å². The van der Waals surface area contributed by atoms with Crippen LogP contribution in [-0.4, -0.2) is 15.2 Å². The summed E-state index contributed by atoms with van der Waals surface area (Å²) in [7, 11) is 0. The lowest BCUT2D eigenvalue weighted by molar-refractivity contribution is 0.449. The van der Waals surface area contributed by atoms with Crippen LogP contribution < -0.4 is 10.6 Å². The highest BCUT2D eigenvalue weighted by Crippen LogP contribution is 2.23. The first-order valence-corrected chi connectivity index (χ1v) is 6.94. The van der Waals surface area contributed by atoms with E-state index < -0.39 is 17.5 Å². The van der Waals surface area contributed by atoms with Crippen LogP contribution in [0.5, 0.6) is 0 Å². The molecule has 0 unspecified atom stereocenters. The fourth-order valence-electron chi connectivity index (χ4n) is 1.93. The highest BCUT2D eigenvalue weighted by molar-refractivity contribution is 5.59. The third-order valence-corrected chi connectivity index (χ3v) is 3.13. The van der Waals surface area contributed by atoms with E-state index in [0.29, 0.717) is 11.3 Å². The second-order valence-electron chi connectivity index (χ2n) is 4.83. The van der Waals surface area contributed by atoms with Crippen molar-refractivity contribution < 1.29 is 13.2 Å². The molecule has 0 aliphatic heterocycles. The fourth-order valence-corrected chi connectivity index (χ4v) is 1.93. The van der Waals surface area contributed by atoms with Gasteiger partial charge in [-0.25, -0.2) is 13.2 Å². The molecule has 1 heterocycles. The predicted octanol–water partition coefficient (Wildman–Crippen LogP) is 3.65. The Labute approximate surface area is 140 Å². The van der Waals surface area contributed by atoms with Gasteiger partial charge in [-0.05, 0) is 36.4 Å². The Morgan fingerprint density at radius 3 is 2.40 bits per heavy atom. The summed E-state index contributed by atoms with van der Waals surface area (Å²) in [6, 6.07) is 10.3. The van der Waals surface area contributed by atoms with E-state index in [1.165, 1.54) is 6.20 Å². The summed E-state index contributed by atoms with van der Waals surface area (Å²) in [5.41, 5.74) is 0.814. The van der Waals surface area contributed by atoms with Crippen LogP contribution in [-0.2, 0) is 0 Å². The van der Waals surface area contributed by atoms with Gasteiger partial charge in [0.15, 0.2) is 23.3 Å². The molecule has 0 amide bonds. The smallest absolute Gasteiger partial charge is 0.249 e. The van der Waals surface area contributed by atoms with Gasteiger partial charge in [0, 0.05) is 5.69 Å². The van der Waals surface area contributed by atoms with E-state index in [0.717, 1.165) is 12.1 Å². The minimum absolute atomic E-state index is 0.0797. The third-order valence-electron chi connectivity index (χ3n) is 3.13. The molecule has 9 heteroatoms. The predicted molar refractivity (Wildman–Crippen MR) is 83.9 cm³/mol. The molecule has 3 rings (SSSR count). The van der Waals surface area contributed by atoms with Gasteiger partial charge in [-0.3, -0.25) is 0 Å². The maximum absolute atomic E-state index is 13.7. The SMILES string of the molecule is N#Cc1ccc(Nc2nncc(Nc3ccc(F)c(F)c3F)n2)cc1. The summed E-state index contributed by atoms with van der Waals surface area (Å²) in [6.45, 7) is 0. The van der Waals surface area contributed by atoms with Gasteiger partial charge in [-0.15, -0.1) is 5.10 Å². The highest BCUT2D eigenvalue weighted by atomic mass is 19.2. The normalized spacial score (nSPS) is 10.2. The van der Waals surface area contributed by atoms with Gasteiger partial charge in [-0.2, -0.15) is 15.3 Å². The number of hydrogen-bond acceptors (Lipinski definition) is 6. The Balaban J connectivity index is 1.79. The Morgan fingerprint density at radius 2 is 1.68 bits per heavy atom. The fraction of sp³-hybridized carbons (Fsp3) is 0. The quantitative estimate of drug-likeness (QED) is 0.704. The average molecular weight is 342 g/mol. The highest BCUT2D eigenvalue weighted by Gasteiger charge is 2.14. The summed E-state index contributed by atoms with van der Waals surface area (Å²) in [5.74, 6) is -4.05. The molecule has 25 heavy (non-hydrogen) atoms. The van der Waals surface area contributed by atoms with Crippen LogP contribution in [0.4, 0.5) is 36.3 Å². The van der Waals surface area contributed by atoms with Crippen molar-refractivity contribution in [3.8, 4) is 6.07 Å². The molecule has 0 bridgehead atoms. The second kappa shape index (κ2) is 6.84. The first kappa shape index (κ1) is 16.2. The van der Waals surface area contributed by atoms with Gasteiger partial charge < -0.3 is 10.6 Å². The van der Waals surface area contributed by atoms with Crippen LogP contribution in [0.15, 0.2) is 42.6 Å². The van der Waals surface area contributed by atoms with Gasteiger partial charge >= 0.3 is 0 Å². The molecular weight excluding hydrogens is 333 g/mol. The number of nitriles is 1. The summed E-state index contributed by atoms with van der Waals surface area (Å²) in [5, 5.41) is 21.6. The summed E-state index contributed by atoms with van der Waals surface area (Å²) in [4.78, 5) is 4.06. The molecule has 0 saturated heterocycles. The molecule has 0 aliphatic carbocycles. The Bertz CT molecular complexity index is 953. The topological polar surface area (TPSA) is 86.5 Å². The van der Waals surface area contributed by atoms with E-state index in [2.05, 4.69) is 25.8 Å². The molecule has 1 aromatic heterocycles. The van der Waals surface area contributed by atoms with Crippen molar-refractivity contribution in [3.05, 3.63) is 65.6 Å². The lowest BCUT2D eigenvalue weighted by Gasteiger charge is -2.09. The van der Waals surface area contributed by atoms with Gasteiger partial charge in [0.05, 0.1) is 23.5 Å². The standard InChI is InChI=1S/C16H9F3N6/c17-11-5-6-12(15(19)14(11)18)23-13-8-21-25-16(24-13)22-10-3-1-9(7-20)2-4-10/h1-6,8H,(H2,22,23,24,25). The minimum atomic E-state index is -1.58. The van der Waals surface area contributed by atoms with Crippen molar-refractivity contribution in [1.82, 2.24) is 15.2 Å². The van der Waals surface area contributed by atoms with Crippen LogP contribution in [0, 0.1) is 28.8 Å². The molecule has 2 N–H and O–H groups in total. The zero-order valence-electron chi connectivity index (χ0n) is 12.5. The largest absolute Gasteiger partial charge is 0.336 e. The second-order valence-corrected chi connectivity index (χ2v) is 4.83. The van der Waals surface area contributed by atoms with E-state index in [1.807, 2.05) is 6.07 Å². The molecule has 0 aliphatic rings. The first-order chi connectivity index (χ1) is 12.1. The lowest BCUT2D eigenvalue weighted by Crippen LogP contribution is -2.04. The van der Waals surface area contributed by atoms with E-state index in [-0.39, 0.29) is 17.5 Å². The monoisotopic (exact) mass is 342 g/mol.